The molecule has 0 aliphatic heterocycles. The van der Waals surface area contributed by atoms with E-state index >= 15 is 0 Å². The van der Waals surface area contributed by atoms with Crippen molar-refractivity contribution in [2.45, 2.75) is 18.6 Å². The molecule has 2 N–H and O–H groups in total. The topological polar surface area (TPSA) is 26.0 Å². The summed E-state index contributed by atoms with van der Waals surface area (Å²) in [6.45, 7) is 0.926. The van der Waals surface area contributed by atoms with Crippen LogP contribution in [0.3, 0.4) is 0 Å². The lowest BCUT2D eigenvalue weighted by atomic mass is 10.0. The van der Waals surface area contributed by atoms with Gasteiger partial charge in [-0.2, -0.15) is 13.2 Å². The molecule has 0 aromatic carbocycles. The molecule has 0 radical (unpaired) electrons. The molecule has 0 fully saturated rings. The highest BCUT2D eigenvalue weighted by Gasteiger charge is 2.50. The van der Waals surface area contributed by atoms with E-state index < -0.39 is 11.7 Å². The van der Waals surface area contributed by atoms with Gasteiger partial charge in [0.05, 0.1) is 4.34 Å². The molecule has 6 heteroatoms. The summed E-state index contributed by atoms with van der Waals surface area (Å²) in [5, 5.41) is 0. The predicted octanol–water partition coefficient (Wildman–Crippen LogP) is 3.14. The summed E-state index contributed by atoms with van der Waals surface area (Å²) < 4.78 is 37.4. The fourth-order valence-electron chi connectivity index (χ4n) is 0.733. The average molecular weight is 230 g/mol. The predicted molar refractivity (Wildman–Crippen MR) is 46.9 cm³/mol. The molecule has 0 aliphatic rings. The zero-order chi connectivity index (χ0) is 10.3. The molecule has 1 aromatic heterocycles. The van der Waals surface area contributed by atoms with Crippen molar-refractivity contribution in [1.82, 2.24) is 0 Å². The summed E-state index contributed by atoms with van der Waals surface area (Å²) >= 11 is 6.35. The summed E-state index contributed by atoms with van der Waals surface area (Å²) in [7, 11) is 0. The lowest BCUT2D eigenvalue weighted by Gasteiger charge is -2.26. The highest BCUT2D eigenvalue weighted by atomic mass is 35.5. The second-order valence-corrected chi connectivity index (χ2v) is 4.52. The first kappa shape index (κ1) is 10.8. The van der Waals surface area contributed by atoms with Gasteiger partial charge in [0, 0.05) is 4.88 Å². The number of hydrogen-bond acceptors (Lipinski definition) is 2. The minimum absolute atomic E-state index is 0.0185. The van der Waals surface area contributed by atoms with Crippen molar-refractivity contribution in [1.29, 1.82) is 0 Å². The van der Waals surface area contributed by atoms with Gasteiger partial charge in [0.1, 0.15) is 5.54 Å². The molecule has 1 rings (SSSR count). The molecule has 74 valence electrons. The van der Waals surface area contributed by atoms with Crippen LogP contribution in [0.15, 0.2) is 12.1 Å². The Bertz CT molecular complexity index is 305. The minimum atomic E-state index is -4.46. The molecule has 1 heterocycles. The quantitative estimate of drug-likeness (QED) is 0.787. The highest BCUT2D eigenvalue weighted by molar-refractivity contribution is 7.16. The number of nitrogens with two attached hydrogens (primary N) is 1. The molecule has 0 aliphatic carbocycles. The Hall–Kier alpha value is -0.260. The Morgan fingerprint density at radius 3 is 2.23 bits per heavy atom. The third kappa shape index (κ3) is 1.98. The van der Waals surface area contributed by atoms with E-state index in [9.17, 15) is 13.2 Å². The molecule has 1 atom stereocenters. The smallest absolute Gasteiger partial charge is 0.313 e. The molecule has 0 spiro atoms. The third-order valence-electron chi connectivity index (χ3n) is 1.67. The fourth-order valence-corrected chi connectivity index (χ4v) is 1.86. The third-order valence-corrected chi connectivity index (χ3v) is 3.14. The number of hydrogen-bond donors (Lipinski definition) is 1. The zero-order valence-electron chi connectivity index (χ0n) is 6.65. The number of alkyl halides is 3. The van der Waals surface area contributed by atoms with Gasteiger partial charge >= 0.3 is 6.18 Å². The van der Waals surface area contributed by atoms with E-state index in [4.69, 9.17) is 17.3 Å². The molecule has 1 nitrogen and oxygen atoms in total. The van der Waals surface area contributed by atoms with Crippen molar-refractivity contribution >= 4 is 22.9 Å². The zero-order valence-corrected chi connectivity index (χ0v) is 8.22. The van der Waals surface area contributed by atoms with E-state index in [1.165, 1.54) is 12.1 Å². The monoisotopic (exact) mass is 229 g/mol. The second kappa shape index (κ2) is 3.15. The standard InChI is InChI=1S/C7H7ClF3NS/c1-6(12,7(9,10)11)4-2-3-5(8)13-4/h2-3H,12H2,1H3/t6-/m1/s1. The van der Waals surface area contributed by atoms with E-state index in [-0.39, 0.29) is 4.88 Å². The maximum Gasteiger partial charge on any atom is 0.411 e. The largest absolute Gasteiger partial charge is 0.411 e. The van der Waals surface area contributed by atoms with E-state index in [2.05, 4.69) is 0 Å². The van der Waals surface area contributed by atoms with Crippen molar-refractivity contribution in [3.63, 3.8) is 0 Å². The van der Waals surface area contributed by atoms with Gasteiger partial charge < -0.3 is 5.73 Å². The van der Waals surface area contributed by atoms with Gasteiger partial charge in [-0.3, -0.25) is 0 Å². The van der Waals surface area contributed by atoms with Crippen LogP contribution in [-0.2, 0) is 5.54 Å². The summed E-state index contributed by atoms with van der Waals surface area (Å²) in [5.74, 6) is 0. The Morgan fingerprint density at radius 2 is 1.92 bits per heavy atom. The van der Waals surface area contributed by atoms with Crippen LogP contribution < -0.4 is 5.73 Å². The first-order chi connectivity index (χ1) is 5.75. The number of rotatable bonds is 1. The molecule has 0 unspecified atom stereocenters. The summed E-state index contributed by atoms with van der Waals surface area (Å²) in [4.78, 5) is 0.0185. The Labute approximate surface area is 82.3 Å². The van der Waals surface area contributed by atoms with Gasteiger partial charge in [0.25, 0.3) is 0 Å². The van der Waals surface area contributed by atoms with Crippen molar-refractivity contribution in [3.8, 4) is 0 Å². The van der Waals surface area contributed by atoms with Crippen LogP contribution in [0.5, 0.6) is 0 Å². The van der Waals surface area contributed by atoms with Gasteiger partial charge in [-0.15, -0.1) is 11.3 Å². The SMILES string of the molecule is C[C@@](N)(c1ccc(Cl)s1)C(F)(F)F. The van der Waals surface area contributed by atoms with E-state index in [1.807, 2.05) is 0 Å². The summed E-state index contributed by atoms with van der Waals surface area (Å²) in [6.07, 6.45) is -4.46. The van der Waals surface area contributed by atoms with Crippen LogP contribution in [0.1, 0.15) is 11.8 Å². The van der Waals surface area contributed by atoms with Crippen molar-refractivity contribution in [3.05, 3.63) is 21.3 Å². The van der Waals surface area contributed by atoms with Gasteiger partial charge in [0.2, 0.25) is 0 Å². The summed E-state index contributed by atoms with van der Waals surface area (Å²) in [6, 6.07) is 2.69. The van der Waals surface area contributed by atoms with Crippen LogP contribution in [0.4, 0.5) is 13.2 Å². The molecular formula is C7H7ClF3NS. The first-order valence-corrected chi connectivity index (χ1v) is 4.56. The molecular weight excluding hydrogens is 223 g/mol. The van der Waals surface area contributed by atoms with Crippen molar-refractivity contribution in [2.75, 3.05) is 0 Å². The van der Waals surface area contributed by atoms with Gasteiger partial charge in [0.15, 0.2) is 0 Å². The van der Waals surface area contributed by atoms with Crippen LogP contribution >= 0.6 is 22.9 Å². The molecule has 0 saturated carbocycles. The highest BCUT2D eigenvalue weighted by Crippen LogP contribution is 2.40. The lowest BCUT2D eigenvalue weighted by molar-refractivity contribution is -0.183. The second-order valence-electron chi connectivity index (χ2n) is 2.80. The Balaban J connectivity index is 3.07. The maximum absolute atomic E-state index is 12.4. The molecule has 0 bridgehead atoms. The van der Waals surface area contributed by atoms with Gasteiger partial charge in [-0.05, 0) is 19.1 Å². The van der Waals surface area contributed by atoms with Crippen LogP contribution in [-0.4, -0.2) is 6.18 Å². The number of halogens is 4. The molecule has 0 saturated heterocycles. The fraction of sp³-hybridized carbons (Fsp3) is 0.429. The lowest BCUT2D eigenvalue weighted by Crippen LogP contribution is -2.46. The van der Waals surface area contributed by atoms with Crippen LogP contribution in [0.25, 0.3) is 0 Å². The van der Waals surface area contributed by atoms with Crippen LogP contribution in [0, 0.1) is 0 Å². The maximum atomic E-state index is 12.4. The van der Waals surface area contributed by atoms with Crippen molar-refractivity contribution in [2.24, 2.45) is 5.73 Å². The van der Waals surface area contributed by atoms with Gasteiger partial charge in [-0.1, -0.05) is 11.6 Å². The number of thiophene rings is 1. The van der Waals surface area contributed by atoms with Crippen molar-refractivity contribution < 1.29 is 13.2 Å². The average Bonchev–Trinajstić information content (AvgIpc) is 2.33. The van der Waals surface area contributed by atoms with E-state index in [1.54, 1.807) is 0 Å². The Kier molecular flexibility index (Phi) is 2.62. The summed E-state index contributed by atoms with van der Waals surface area (Å²) in [5.41, 5.74) is 2.84. The minimum Gasteiger partial charge on any atom is -0.313 e. The van der Waals surface area contributed by atoms with E-state index in [0.29, 0.717) is 4.34 Å². The first-order valence-electron chi connectivity index (χ1n) is 3.36. The molecule has 0 amide bonds. The Morgan fingerprint density at radius 1 is 1.38 bits per heavy atom. The molecule has 1 aromatic rings. The van der Waals surface area contributed by atoms with Gasteiger partial charge in [-0.25, -0.2) is 0 Å². The normalized spacial score (nSPS) is 17.1. The van der Waals surface area contributed by atoms with Crippen LogP contribution in [0.2, 0.25) is 4.34 Å². The van der Waals surface area contributed by atoms with E-state index in [0.717, 1.165) is 18.3 Å². The molecule has 13 heavy (non-hydrogen) atoms.